The monoisotopic (exact) mass is 406 g/mol. The van der Waals surface area contributed by atoms with Gasteiger partial charge in [0.2, 0.25) is 0 Å². The molecule has 8 heteroatoms. The van der Waals surface area contributed by atoms with Crippen molar-refractivity contribution in [2.75, 3.05) is 13.1 Å². The van der Waals surface area contributed by atoms with Crippen LogP contribution in [0.3, 0.4) is 0 Å². The fourth-order valence-corrected chi connectivity index (χ4v) is 3.61. The normalized spacial score (nSPS) is 14.1. The van der Waals surface area contributed by atoms with E-state index in [9.17, 15) is 9.59 Å². The third kappa shape index (κ3) is 4.01. The van der Waals surface area contributed by atoms with Crippen LogP contribution in [-0.2, 0) is 9.59 Å². The SMILES string of the molecule is Cc1cc(/C=N\NC(=O)C(=O)N2CCCC2)c(C)n1-c1cccc(Cl)c1Cl. The topological polar surface area (TPSA) is 66.7 Å². The molecule has 0 atom stereocenters. The van der Waals surface area contributed by atoms with Crippen LogP contribution >= 0.6 is 23.2 Å². The first-order chi connectivity index (χ1) is 12.9. The quantitative estimate of drug-likeness (QED) is 0.481. The summed E-state index contributed by atoms with van der Waals surface area (Å²) >= 11 is 12.5. The number of hydrazone groups is 1. The van der Waals surface area contributed by atoms with Crippen molar-refractivity contribution in [2.45, 2.75) is 26.7 Å². The molecule has 0 bridgehead atoms. The number of halogens is 2. The number of nitrogens with zero attached hydrogens (tertiary/aromatic N) is 3. The van der Waals surface area contributed by atoms with E-state index >= 15 is 0 Å². The highest BCUT2D eigenvalue weighted by Crippen LogP contribution is 2.31. The van der Waals surface area contributed by atoms with Crippen LogP contribution < -0.4 is 5.43 Å². The summed E-state index contributed by atoms with van der Waals surface area (Å²) in [5.41, 5.74) is 5.71. The lowest BCUT2D eigenvalue weighted by Crippen LogP contribution is -2.39. The van der Waals surface area contributed by atoms with Gasteiger partial charge in [0, 0.05) is 30.0 Å². The summed E-state index contributed by atoms with van der Waals surface area (Å²) < 4.78 is 1.97. The maximum Gasteiger partial charge on any atom is 0.329 e. The third-order valence-corrected chi connectivity index (χ3v) is 5.41. The number of nitrogens with one attached hydrogen (secondary N) is 1. The lowest BCUT2D eigenvalue weighted by atomic mass is 10.2. The number of amides is 2. The molecule has 3 rings (SSSR count). The summed E-state index contributed by atoms with van der Waals surface area (Å²) in [4.78, 5) is 25.4. The Morgan fingerprint density at radius 3 is 2.59 bits per heavy atom. The van der Waals surface area contributed by atoms with Crippen LogP contribution in [0.15, 0.2) is 29.4 Å². The van der Waals surface area contributed by atoms with E-state index in [2.05, 4.69) is 10.5 Å². The minimum Gasteiger partial charge on any atom is -0.334 e. The molecule has 1 N–H and O–H groups in total. The molecule has 2 aromatic rings. The van der Waals surface area contributed by atoms with Crippen LogP contribution in [0, 0.1) is 13.8 Å². The van der Waals surface area contributed by atoms with E-state index in [1.165, 1.54) is 11.1 Å². The predicted octanol–water partition coefficient (Wildman–Crippen LogP) is 3.47. The van der Waals surface area contributed by atoms with Crippen LogP contribution in [0.1, 0.15) is 29.8 Å². The summed E-state index contributed by atoms with van der Waals surface area (Å²) in [6.45, 7) is 5.11. The molecule has 2 heterocycles. The molecular formula is C19H20Cl2N4O2. The maximum atomic E-state index is 12.0. The highest BCUT2D eigenvalue weighted by atomic mass is 35.5. The minimum atomic E-state index is -0.722. The van der Waals surface area contributed by atoms with Gasteiger partial charge in [0.15, 0.2) is 0 Å². The molecule has 1 aromatic carbocycles. The van der Waals surface area contributed by atoms with Gasteiger partial charge in [-0.25, -0.2) is 5.43 Å². The van der Waals surface area contributed by atoms with Gasteiger partial charge in [-0.05, 0) is 44.9 Å². The fourth-order valence-electron chi connectivity index (χ4n) is 3.23. The average Bonchev–Trinajstić information content (AvgIpc) is 3.26. The number of rotatable bonds is 3. The Hall–Kier alpha value is -2.31. The highest BCUT2D eigenvalue weighted by molar-refractivity contribution is 6.43. The summed E-state index contributed by atoms with van der Waals surface area (Å²) in [6.07, 6.45) is 3.38. The number of carbonyl (C=O) groups excluding carboxylic acids is 2. The lowest BCUT2D eigenvalue weighted by Gasteiger charge is -2.13. The Morgan fingerprint density at radius 1 is 1.19 bits per heavy atom. The lowest BCUT2D eigenvalue weighted by molar-refractivity contribution is -0.145. The molecule has 0 aliphatic carbocycles. The van der Waals surface area contributed by atoms with Gasteiger partial charge >= 0.3 is 11.8 Å². The van der Waals surface area contributed by atoms with E-state index in [1.807, 2.05) is 36.6 Å². The van der Waals surface area contributed by atoms with Crippen LogP contribution in [0.4, 0.5) is 0 Å². The third-order valence-electron chi connectivity index (χ3n) is 4.60. The average molecular weight is 407 g/mol. The van der Waals surface area contributed by atoms with E-state index in [1.54, 1.807) is 6.07 Å². The Balaban J connectivity index is 1.76. The van der Waals surface area contributed by atoms with E-state index in [0.717, 1.165) is 35.5 Å². The smallest absolute Gasteiger partial charge is 0.329 e. The molecule has 1 aliphatic heterocycles. The first-order valence-electron chi connectivity index (χ1n) is 8.65. The van der Waals surface area contributed by atoms with Gasteiger partial charge in [0.1, 0.15) is 0 Å². The molecule has 0 spiro atoms. The molecule has 0 unspecified atom stereocenters. The molecule has 0 saturated carbocycles. The molecule has 1 aliphatic rings. The second-order valence-electron chi connectivity index (χ2n) is 6.43. The van der Waals surface area contributed by atoms with E-state index in [0.29, 0.717) is 23.1 Å². The first kappa shape index (κ1) is 19.5. The number of aromatic nitrogens is 1. The number of hydrogen-bond acceptors (Lipinski definition) is 3. The molecule has 1 saturated heterocycles. The van der Waals surface area contributed by atoms with Crippen molar-refractivity contribution >= 4 is 41.2 Å². The zero-order chi connectivity index (χ0) is 19.6. The van der Waals surface area contributed by atoms with Crippen LogP contribution in [0.2, 0.25) is 10.0 Å². The summed E-state index contributed by atoms with van der Waals surface area (Å²) in [5.74, 6) is -1.26. The van der Waals surface area contributed by atoms with Gasteiger partial charge in [-0.2, -0.15) is 5.10 Å². The Kier molecular flexibility index (Phi) is 5.87. The highest BCUT2D eigenvalue weighted by Gasteiger charge is 2.24. The molecule has 1 aromatic heterocycles. The molecule has 6 nitrogen and oxygen atoms in total. The van der Waals surface area contributed by atoms with Gasteiger partial charge in [-0.3, -0.25) is 9.59 Å². The minimum absolute atomic E-state index is 0.467. The largest absolute Gasteiger partial charge is 0.334 e. The molecular weight excluding hydrogens is 387 g/mol. The standard InChI is InChI=1S/C19H20Cl2N4O2/c1-12-10-14(11-22-23-18(26)19(27)24-8-3-4-9-24)13(2)25(12)16-7-5-6-15(20)17(16)21/h5-7,10-11H,3-4,8-9H2,1-2H3,(H,23,26)/b22-11-. The van der Waals surface area contributed by atoms with Crippen molar-refractivity contribution < 1.29 is 9.59 Å². The number of hydrogen-bond donors (Lipinski definition) is 1. The Labute approximate surface area is 167 Å². The Bertz CT molecular complexity index is 915. The number of benzene rings is 1. The summed E-state index contributed by atoms with van der Waals surface area (Å²) in [7, 11) is 0. The van der Waals surface area contributed by atoms with E-state index in [-0.39, 0.29) is 0 Å². The molecule has 2 amide bonds. The molecule has 0 radical (unpaired) electrons. The van der Waals surface area contributed by atoms with Crippen molar-refractivity contribution in [3.63, 3.8) is 0 Å². The zero-order valence-electron chi connectivity index (χ0n) is 15.1. The summed E-state index contributed by atoms with van der Waals surface area (Å²) in [6, 6.07) is 7.37. The summed E-state index contributed by atoms with van der Waals surface area (Å²) in [5, 5.41) is 4.88. The van der Waals surface area contributed by atoms with Crippen molar-refractivity contribution in [1.29, 1.82) is 0 Å². The van der Waals surface area contributed by atoms with Gasteiger partial charge < -0.3 is 9.47 Å². The van der Waals surface area contributed by atoms with Gasteiger partial charge in [-0.15, -0.1) is 0 Å². The van der Waals surface area contributed by atoms with E-state index in [4.69, 9.17) is 23.2 Å². The van der Waals surface area contributed by atoms with E-state index < -0.39 is 11.8 Å². The van der Waals surface area contributed by atoms with Gasteiger partial charge in [0.05, 0.1) is 21.9 Å². The zero-order valence-corrected chi connectivity index (χ0v) is 16.6. The number of aryl methyl sites for hydroxylation is 1. The molecule has 142 valence electrons. The predicted molar refractivity (Wildman–Crippen MR) is 107 cm³/mol. The molecule has 27 heavy (non-hydrogen) atoms. The second kappa shape index (κ2) is 8.15. The number of likely N-dealkylation sites (tertiary alicyclic amines) is 1. The van der Waals surface area contributed by atoms with Crippen LogP contribution in [-0.4, -0.2) is 40.6 Å². The number of carbonyl (C=O) groups is 2. The van der Waals surface area contributed by atoms with Gasteiger partial charge in [0.25, 0.3) is 0 Å². The van der Waals surface area contributed by atoms with Crippen LogP contribution in [0.25, 0.3) is 5.69 Å². The van der Waals surface area contributed by atoms with Crippen LogP contribution in [0.5, 0.6) is 0 Å². The second-order valence-corrected chi connectivity index (χ2v) is 7.22. The first-order valence-corrected chi connectivity index (χ1v) is 9.41. The van der Waals surface area contributed by atoms with Crippen molar-refractivity contribution in [3.05, 3.63) is 51.3 Å². The maximum absolute atomic E-state index is 12.0. The molecule has 1 fully saturated rings. The van der Waals surface area contributed by atoms with Crippen molar-refractivity contribution in [3.8, 4) is 5.69 Å². The van der Waals surface area contributed by atoms with Crippen molar-refractivity contribution in [1.82, 2.24) is 14.9 Å². The Morgan fingerprint density at radius 2 is 1.89 bits per heavy atom. The fraction of sp³-hybridized carbons (Fsp3) is 0.316. The van der Waals surface area contributed by atoms with Crippen molar-refractivity contribution in [2.24, 2.45) is 5.10 Å². The van der Waals surface area contributed by atoms with Gasteiger partial charge in [-0.1, -0.05) is 29.3 Å².